The lowest BCUT2D eigenvalue weighted by atomic mass is 10.0. The van der Waals surface area contributed by atoms with Gasteiger partial charge in [-0.25, -0.2) is 0 Å². The number of anilines is 1. The number of hydrogen-bond donors (Lipinski definition) is 1. The molecule has 0 aromatic heterocycles. The first-order valence-corrected chi connectivity index (χ1v) is 5.64. The Morgan fingerprint density at radius 3 is 2.38 bits per heavy atom. The standard InChI is InChI=1S/C13H11Cl2N/c1-8-4-9(6-11(16)5-8)12-3-2-10(14)7-13(12)15/h2-7H,16H2,1H3. The maximum absolute atomic E-state index is 6.14. The Hall–Kier alpha value is -1.18. The first-order chi connectivity index (χ1) is 7.56. The van der Waals surface area contributed by atoms with E-state index in [0.29, 0.717) is 10.0 Å². The number of nitrogen functional groups attached to an aromatic ring is 1. The highest BCUT2D eigenvalue weighted by Crippen LogP contribution is 2.31. The summed E-state index contributed by atoms with van der Waals surface area (Å²) in [6, 6.07) is 11.3. The molecule has 0 saturated carbocycles. The fraction of sp³-hybridized carbons (Fsp3) is 0.0769. The number of benzene rings is 2. The van der Waals surface area contributed by atoms with Gasteiger partial charge in [-0.05, 0) is 42.3 Å². The first kappa shape index (κ1) is 11.3. The van der Waals surface area contributed by atoms with Crippen molar-refractivity contribution in [1.29, 1.82) is 0 Å². The first-order valence-electron chi connectivity index (χ1n) is 4.89. The Kier molecular flexibility index (Phi) is 3.08. The summed E-state index contributed by atoms with van der Waals surface area (Å²) in [5.41, 5.74) is 9.62. The van der Waals surface area contributed by atoms with Gasteiger partial charge >= 0.3 is 0 Å². The van der Waals surface area contributed by atoms with Gasteiger partial charge in [0.15, 0.2) is 0 Å². The molecule has 2 rings (SSSR count). The predicted octanol–water partition coefficient (Wildman–Crippen LogP) is 4.55. The van der Waals surface area contributed by atoms with Crippen LogP contribution in [-0.2, 0) is 0 Å². The van der Waals surface area contributed by atoms with Crippen molar-refractivity contribution in [2.24, 2.45) is 0 Å². The molecule has 1 nitrogen and oxygen atoms in total. The molecule has 0 radical (unpaired) electrons. The molecule has 0 heterocycles. The van der Waals surface area contributed by atoms with Crippen molar-refractivity contribution in [3.8, 4) is 11.1 Å². The molecule has 0 aliphatic rings. The summed E-state index contributed by atoms with van der Waals surface area (Å²) in [6.07, 6.45) is 0. The van der Waals surface area contributed by atoms with Crippen molar-refractivity contribution in [3.63, 3.8) is 0 Å². The van der Waals surface area contributed by atoms with Crippen molar-refractivity contribution in [3.05, 3.63) is 52.0 Å². The van der Waals surface area contributed by atoms with Gasteiger partial charge in [-0.2, -0.15) is 0 Å². The second-order valence-electron chi connectivity index (χ2n) is 3.76. The van der Waals surface area contributed by atoms with E-state index in [1.165, 1.54) is 0 Å². The molecule has 82 valence electrons. The molecule has 2 aromatic carbocycles. The molecule has 3 heteroatoms. The summed E-state index contributed by atoms with van der Waals surface area (Å²) in [7, 11) is 0. The third kappa shape index (κ3) is 2.31. The average Bonchev–Trinajstić information content (AvgIpc) is 2.15. The molecule has 0 saturated heterocycles. The Morgan fingerprint density at radius 2 is 1.75 bits per heavy atom. The highest BCUT2D eigenvalue weighted by molar-refractivity contribution is 6.36. The molecule has 16 heavy (non-hydrogen) atoms. The number of halogens is 2. The SMILES string of the molecule is Cc1cc(N)cc(-c2ccc(Cl)cc2Cl)c1. The van der Waals surface area contributed by atoms with Gasteiger partial charge in [-0.3, -0.25) is 0 Å². The molecule has 0 spiro atoms. The monoisotopic (exact) mass is 251 g/mol. The van der Waals surface area contributed by atoms with Crippen LogP contribution in [-0.4, -0.2) is 0 Å². The third-order valence-corrected chi connectivity index (χ3v) is 2.89. The van der Waals surface area contributed by atoms with Gasteiger partial charge in [-0.1, -0.05) is 35.3 Å². The molecule has 0 atom stereocenters. The normalized spacial score (nSPS) is 10.4. The summed E-state index contributed by atoms with van der Waals surface area (Å²) >= 11 is 12.0. The topological polar surface area (TPSA) is 26.0 Å². The van der Waals surface area contributed by atoms with Gasteiger partial charge in [0.05, 0.1) is 0 Å². The largest absolute Gasteiger partial charge is 0.399 e. The van der Waals surface area contributed by atoms with E-state index in [-0.39, 0.29) is 0 Å². The molecular weight excluding hydrogens is 241 g/mol. The van der Waals surface area contributed by atoms with Crippen LogP contribution in [0.2, 0.25) is 10.0 Å². The van der Waals surface area contributed by atoms with Crippen LogP contribution in [0.4, 0.5) is 5.69 Å². The second-order valence-corrected chi connectivity index (χ2v) is 4.60. The summed E-state index contributed by atoms with van der Waals surface area (Å²) in [6.45, 7) is 2.00. The van der Waals surface area contributed by atoms with E-state index in [1.807, 2.05) is 37.3 Å². The van der Waals surface area contributed by atoms with Crippen molar-refractivity contribution in [2.75, 3.05) is 5.73 Å². The average molecular weight is 252 g/mol. The number of hydrogen-bond acceptors (Lipinski definition) is 1. The van der Waals surface area contributed by atoms with Crippen molar-refractivity contribution in [1.82, 2.24) is 0 Å². The molecule has 0 aliphatic carbocycles. The molecule has 2 aromatic rings. The van der Waals surface area contributed by atoms with Gasteiger partial charge in [-0.15, -0.1) is 0 Å². The quantitative estimate of drug-likeness (QED) is 0.740. The zero-order valence-corrected chi connectivity index (χ0v) is 10.3. The lowest BCUT2D eigenvalue weighted by molar-refractivity contribution is 1.47. The zero-order valence-electron chi connectivity index (χ0n) is 8.80. The predicted molar refractivity (Wildman–Crippen MR) is 71.0 cm³/mol. The minimum Gasteiger partial charge on any atom is -0.399 e. The van der Waals surface area contributed by atoms with Crippen molar-refractivity contribution >= 4 is 28.9 Å². The highest BCUT2D eigenvalue weighted by Gasteiger charge is 2.05. The van der Waals surface area contributed by atoms with E-state index in [0.717, 1.165) is 22.4 Å². The third-order valence-electron chi connectivity index (χ3n) is 2.34. The van der Waals surface area contributed by atoms with E-state index < -0.39 is 0 Å². The Morgan fingerprint density at radius 1 is 1.00 bits per heavy atom. The van der Waals surface area contributed by atoms with Crippen LogP contribution in [0.5, 0.6) is 0 Å². The van der Waals surface area contributed by atoms with Crippen LogP contribution in [0.25, 0.3) is 11.1 Å². The van der Waals surface area contributed by atoms with Crippen molar-refractivity contribution in [2.45, 2.75) is 6.92 Å². The zero-order chi connectivity index (χ0) is 11.7. The van der Waals surface area contributed by atoms with Gasteiger partial charge in [0, 0.05) is 21.3 Å². The van der Waals surface area contributed by atoms with E-state index in [2.05, 4.69) is 0 Å². The molecule has 0 amide bonds. The minimum absolute atomic E-state index is 0.634. The fourth-order valence-electron chi connectivity index (χ4n) is 1.69. The van der Waals surface area contributed by atoms with Gasteiger partial charge in [0.1, 0.15) is 0 Å². The molecule has 0 aliphatic heterocycles. The lowest BCUT2D eigenvalue weighted by Gasteiger charge is -2.07. The molecule has 0 unspecified atom stereocenters. The summed E-state index contributed by atoms with van der Waals surface area (Å²) in [5.74, 6) is 0. The van der Waals surface area contributed by atoms with Crippen LogP contribution >= 0.6 is 23.2 Å². The molecular formula is C13H11Cl2N. The second kappa shape index (κ2) is 4.36. The van der Waals surface area contributed by atoms with E-state index >= 15 is 0 Å². The Bertz CT molecular complexity index is 515. The maximum atomic E-state index is 6.14. The van der Waals surface area contributed by atoms with Crippen molar-refractivity contribution < 1.29 is 0 Å². The smallest absolute Gasteiger partial charge is 0.0499 e. The minimum atomic E-state index is 0.634. The van der Waals surface area contributed by atoms with Crippen LogP contribution in [0.1, 0.15) is 5.56 Å². The number of nitrogens with two attached hydrogens (primary N) is 1. The molecule has 0 bridgehead atoms. The Labute approximate surface area is 105 Å². The van der Waals surface area contributed by atoms with Gasteiger partial charge in [0.2, 0.25) is 0 Å². The van der Waals surface area contributed by atoms with Crippen LogP contribution in [0, 0.1) is 6.92 Å². The fourth-order valence-corrected chi connectivity index (χ4v) is 2.21. The number of rotatable bonds is 1. The summed E-state index contributed by atoms with van der Waals surface area (Å²) in [4.78, 5) is 0. The number of aryl methyl sites for hydroxylation is 1. The Balaban J connectivity index is 2.58. The highest BCUT2D eigenvalue weighted by atomic mass is 35.5. The lowest BCUT2D eigenvalue weighted by Crippen LogP contribution is -1.88. The van der Waals surface area contributed by atoms with Crippen LogP contribution < -0.4 is 5.73 Å². The summed E-state index contributed by atoms with van der Waals surface area (Å²) in [5, 5.41) is 1.27. The van der Waals surface area contributed by atoms with E-state index in [1.54, 1.807) is 6.07 Å². The van der Waals surface area contributed by atoms with Crippen LogP contribution in [0.15, 0.2) is 36.4 Å². The van der Waals surface area contributed by atoms with Gasteiger partial charge in [0.25, 0.3) is 0 Å². The van der Waals surface area contributed by atoms with Crippen LogP contribution in [0.3, 0.4) is 0 Å². The molecule has 0 fully saturated rings. The molecule has 2 N–H and O–H groups in total. The summed E-state index contributed by atoms with van der Waals surface area (Å²) < 4.78 is 0. The van der Waals surface area contributed by atoms with E-state index in [9.17, 15) is 0 Å². The maximum Gasteiger partial charge on any atom is 0.0499 e. The van der Waals surface area contributed by atoms with Gasteiger partial charge < -0.3 is 5.73 Å². The van der Waals surface area contributed by atoms with E-state index in [4.69, 9.17) is 28.9 Å².